The number of nitro groups is 1. The fraction of sp³-hybridized carbons (Fsp3) is 0.545. The summed E-state index contributed by atoms with van der Waals surface area (Å²) in [4.78, 5) is 15.8. The van der Waals surface area contributed by atoms with E-state index in [4.69, 9.17) is 4.74 Å². The molecule has 1 saturated heterocycles. The van der Waals surface area contributed by atoms with Gasteiger partial charge in [-0.2, -0.15) is 0 Å². The van der Waals surface area contributed by atoms with Gasteiger partial charge in [0.05, 0.1) is 18.9 Å². The first kappa shape index (κ1) is 13.4. The maximum Gasteiger partial charge on any atom is 0.363 e. The van der Waals surface area contributed by atoms with Crippen molar-refractivity contribution in [3.8, 4) is 0 Å². The van der Waals surface area contributed by atoms with E-state index in [2.05, 4.69) is 9.88 Å². The van der Waals surface area contributed by atoms with Crippen LogP contribution in [0.5, 0.6) is 0 Å². The van der Waals surface area contributed by atoms with Gasteiger partial charge >= 0.3 is 5.82 Å². The van der Waals surface area contributed by atoms with E-state index in [-0.39, 0.29) is 5.82 Å². The molecule has 2 rings (SSSR count). The maximum absolute atomic E-state index is 10.4. The van der Waals surface area contributed by atoms with Crippen LogP contribution in [0.3, 0.4) is 0 Å². The highest BCUT2D eigenvalue weighted by molar-refractivity contribution is 5.46. The summed E-state index contributed by atoms with van der Waals surface area (Å²) in [6.07, 6.45) is 1.53. The highest BCUT2D eigenvalue weighted by Gasteiger charge is 2.14. The molecule has 0 bridgehead atoms. The van der Waals surface area contributed by atoms with Gasteiger partial charge in [-0.1, -0.05) is 13.8 Å². The standard InChI is InChI=1S/C9H11N3O3.C2H6/c13-12(14)9-2-1-8(7-10-9)11-3-5-15-6-4-11;1-2/h1-2,7H,3-6H2;1-2H3. The number of pyridine rings is 1. The molecule has 6 heteroatoms. The molecule has 0 amide bonds. The van der Waals surface area contributed by atoms with E-state index >= 15 is 0 Å². The van der Waals surface area contributed by atoms with Crippen molar-refractivity contribution in [1.29, 1.82) is 0 Å². The van der Waals surface area contributed by atoms with E-state index in [1.54, 1.807) is 6.07 Å². The van der Waals surface area contributed by atoms with Crippen molar-refractivity contribution in [1.82, 2.24) is 4.98 Å². The zero-order valence-corrected chi connectivity index (χ0v) is 10.1. The van der Waals surface area contributed by atoms with E-state index in [0.29, 0.717) is 13.2 Å². The lowest BCUT2D eigenvalue weighted by molar-refractivity contribution is -0.389. The number of hydrogen-bond acceptors (Lipinski definition) is 5. The Labute approximate surface area is 100 Å². The third-order valence-electron chi connectivity index (χ3n) is 2.30. The van der Waals surface area contributed by atoms with Crippen molar-refractivity contribution in [3.63, 3.8) is 0 Å². The summed E-state index contributed by atoms with van der Waals surface area (Å²) in [6.45, 7) is 6.99. The van der Waals surface area contributed by atoms with Crippen molar-refractivity contribution in [2.45, 2.75) is 13.8 Å². The van der Waals surface area contributed by atoms with Gasteiger partial charge in [0.1, 0.15) is 0 Å². The molecule has 17 heavy (non-hydrogen) atoms. The van der Waals surface area contributed by atoms with Gasteiger partial charge in [-0.15, -0.1) is 0 Å². The number of ether oxygens (including phenoxy) is 1. The summed E-state index contributed by atoms with van der Waals surface area (Å²) in [6, 6.07) is 3.14. The summed E-state index contributed by atoms with van der Waals surface area (Å²) in [5.74, 6) is -0.119. The Bertz CT molecular complexity index is 347. The van der Waals surface area contributed by atoms with Crippen LogP contribution >= 0.6 is 0 Å². The molecule has 0 saturated carbocycles. The Hall–Kier alpha value is -1.69. The van der Waals surface area contributed by atoms with Crippen LogP contribution in [0, 0.1) is 10.1 Å². The van der Waals surface area contributed by atoms with Crippen LogP contribution in [0.25, 0.3) is 0 Å². The van der Waals surface area contributed by atoms with E-state index < -0.39 is 4.92 Å². The molecule has 1 fully saturated rings. The Morgan fingerprint density at radius 2 is 2.00 bits per heavy atom. The van der Waals surface area contributed by atoms with E-state index in [1.165, 1.54) is 12.3 Å². The van der Waals surface area contributed by atoms with E-state index in [1.807, 2.05) is 13.8 Å². The molecule has 0 unspecified atom stereocenters. The minimum Gasteiger partial charge on any atom is -0.378 e. The van der Waals surface area contributed by atoms with Gasteiger partial charge in [0.2, 0.25) is 0 Å². The monoisotopic (exact) mass is 239 g/mol. The normalized spacial score (nSPS) is 14.8. The molecule has 94 valence electrons. The molecule has 6 nitrogen and oxygen atoms in total. The van der Waals surface area contributed by atoms with Gasteiger partial charge in [0, 0.05) is 19.2 Å². The van der Waals surface area contributed by atoms with Gasteiger partial charge < -0.3 is 19.8 Å². The Morgan fingerprint density at radius 3 is 2.47 bits per heavy atom. The predicted molar refractivity (Wildman–Crippen MR) is 65.3 cm³/mol. The molecule has 2 heterocycles. The fourth-order valence-electron chi connectivity index (χ4n) is 1.49. The molecule has 1 aromatic heterocycles. The average molecular weight is 239 g/mol. The summed E-state index contributed by atoms with van der Waals surface area (Å²) in [5, 5.41) is 10.4. The van der Waals surface area contributed by atoms with E-state index in [9.17, 15) is 10.1 Å². The predicted octanol–water partition coefficient (Wildman–Crippen LogP) is 1.85. The molecule has 0 spiro atoms. The second-order valence-corrected chi connectivity index (χ2v) is 3.23. The van der Waals surface area contributed by atoms with E-state index in [0.717, 1.165) is 18.8 Å². The number of rotatable bonds is 2. The Morgan fingerprint density at radius 1 is 1.35 bits per heavy atom. The second-order valence-electron chi connectivity index (χ2n) is 3.23. The number of morpholine rings is 1. The van der Waals surface area contributed by atoms with Crippen LogP contribution in [-0.4, -0.2) is 36.2 Å². The Kier molecular flexibility index (Phi) is 5.35. The highest BCUT2D eigenvalue weighted by atomic mass is 16.6. The molecule has 0 N–H and O–H groups in total. The SMILES string of the molecule is CC.O=[N+]([O-])c1ccc(N2CCOCC2)cn1. The quantitative estimate of drug-likeness (QED) is 0.582. The van der Waals surface area contributed by atoms with Crippen LogP contribution in [0.2, 0.25) is 0 Å². The van der Waals surface area contributed by atoms with Crippen molar-refractivity contribution in [3.05, 3.63) is 28.4 Å². The zero-order chi connectivity index (χ0) is 12.7. The lowest BCUT2D eigenvalue weighted by atomic mass is 10.3. The summed E-state index contributed by atoms with van der Waals surface area (Å²) < 4.78 is 5.21. The van der Waals surface area contributed by atoms with Gasteiger partial charge in [0.15, 0.2) is 6.20 Å². The smallest absolute Gasteiger partial charge is 0.363 e. The lowest BCUT2D eigenvalue weighted by Gasteiger charge is -2.27. The molecule has 1 aliphatic rings. The third-order valence-corrected chi connectivity index (χ3v) is 2.30. The first-order valence-electron chi connectivity index (χ1n) is 5.70. The fourth-order valence-corrected chi connectivity index (χ4v) is 1.49. The second kappa shape index (κ2) is 6.80. The van der Waals surface area contributed by atoms with Crippen molar-refractivity contribution in [2.75, 3.05) is 31.2 Å². The minimum absolute atomic E-state index is 0.119. The first-order chi connectivity index (χ1) is 8.27. The van der Waals surface area contributed by atoms with Crippen molar-refractivity contribution >= 4 is 11.5 Å². The number of hydrogen-bond donors (Lipinski definition) is 0. The van der Waals surface area contributed by atoms with Crippen LogP contribution < -0.4 is 4.90 Å². The molecule has 1 aliphatic heterocycles. The van der Waals surface area contributed by atoms with Crippen LogP contribution in [-0.2, 0) is 4.74 Å². The summed E-state index contributed by atoms with van der Waals surface area (Å²) >= 11 is 0. The van der Waals surface area contributed by atoms with Gasteiger partial charge in [-0.05, 0) is 16.0 Å². The van der Waals surface area contributed by atoms with Gasteiger partial charge in [-0.25, -0.2) is 0 Å². The summed E-state index contributed by atoms with van der Waals surface area (Å²) in [5.41, 5.74) is 0.906. The van der Waals surface area contributed by atoms with Crippen LogP contribution in [0.4, 0.5) is 11.5 Å². The molecule has 0 atom stereocenters. The van der Waals surface area contributed by atoms with Crippen molar-refractivity contribution in [2.24, 2.45) is 0 Å². The molecule has 0 aliphatic carbocycles. The molecule has 1 aromatic rings. The third kappa shape index (κ3) is 3.67. The molecular formula is C11H17N3O3. The van der Waals surface area contributed by atoms with Crippen molar-refractivity contribution < 1.29 is 9.66 Å². The molecule has 0 radical (unpaired) electrons. The largest absolute Gasteiger partial charge is 0.378 e. The first-order valence-corrected chi connectivity index (χ1v) is 5.70. The molecule has 0 aromatic carbocycles. The zero-order valence-electron chi connectivity index (χ0n) is 10.1. The van der Waals surface area contributed by atoms with Crippen LogP contribution in [0.1, 0.15) is 13.8 Å². The Balaban J connectivity index is 0.000000686. The summed E-state index contributed by atoms with van der Waals surface area (Å²) in [7, 11) is 0. The lowest BCUT2D eigenvalue weighted by Crippen LogP contribution is -2.36. The number of nitrogens with zero attached hydrogens (tertiary/aromatic N) is 3. The number of aromatic nitrogens is 1. The van der Waals surface area contributed by atoms with Gasteiger partial charge in [0.25, 0.3) is 0 Å². The van der Waals surface area contributed by atoms with Gasteiger partial charge in [-0.3, -0.25) is 0 Å². The highest BCUT2D eigenvalue weighted by Crippen LogP contribution is 2.17. The topological polar surface area (TPSA) is 68.5 Å². The average Bonchev–Trinajstić information content (AvgIpc) is 2.42. The van der Waals surface area contributed by atoms with Crippen LogP contribution in [0.15, 0.2) is 18.3 Å². The molecular weight excluding hydrogens is 222 g/mol. The number of anilines is 1. The minimum atomic E-state index is -0.497. The maximum atomic E-state index is 10.4.